The maximum absolute atomic E-state index is 4.71. The summed E-state index contributed by atoms with van der Waals surface area (Å²) in [7, 11) is 4.09. The van der Waals surface area contributed by atoms with Gasteiger partial charge in [0.05, 0.1) is 0 Å². The summed E-state index contributed by atoms with van der Waals surface area (Å²) in [5.41, 5.74) is 1.23. The van der Waals surface area contributed by atoms with Crippen molar-refractivity contribution in [3.63, 3.8) is 0 Å². The first-order chi connectivity index (χ1) is 14.6. The lowest BCUT2D eigenvalue weighted by Crippen LogP contribution is -2.40. The summed E-state index contributed by atoms with van der Waals surface area (Å²) in [5, 5.41) is 15.2. The zero-order chi connectivity index (χ0) is 21.2. The monoisotopic (exact) mass is 536 g/mol. The van der Waals surface area contributed by atoms with Crippen LogP contribution in [-0.2, 0) is 20.1 Å². The van der Waals surface area contributed by atoms with Gasteiger partial charge < -0.3 is 24.7 Å². The average molecular weight is 536 g/mol. The van der Waals surface area contributed by atoms with Crippen LogP contribution in [0, 0.1) is 6.92 Å². The molecule has 0 amide bonds. The van der Waals surface area contributed by atoms with Crippen molar-refractivity contribution in [1.29, 1.82) is 0 Å². The number of hydrogen-bond acceptors (Lipinski definition) is 4. The average Bonchev–Trinajstić information content (AvgIpc) is 3.40. The maximum atomic E-state index is 4.71. The van der Waals surface area contributed by atoms with Crippen LogP contribution >= 0.6 is 24.0 Å². The molecule has 3 aromatic rings. The standard InChI is InChI=1S/C22H32N8.HI/c1-19-26-27-21(29(19)3)18-25-22(24-13-17-30-15-7-8-16-30)23-12-9-14-28(2)20-10-5-4-6-11-20;/h4-8,10-11,15-16H,9,12-14,17-18H2,1-3H3,(H2,23,24,25);1H. The van der Waals surface area contributed by atoms with Gasteiger partial charge in [-0.2, -0.15) is 0 Å². The predicted molar refractivity (Wildman–Crippen MR) is 137 cm³/mol. The Labute approximate surface area is 201 Å². The molecule has 31 heavy (non-hydrogen) atoms. The Balaban J connectivity index is 0.00000341. The zero-order valence-corrected chi connectivity index (χ0v) is 20.9. The molecule has 0 aliphatic rings. The smallest absolute Gasteiger partial charge is 0.191 e. The number of guanidine groups is 1. The van der Waals surface area contributed by atoms with Gasteiger partial charge in [0, 0.05) is 58.4 Å². The Morgan fingerprint density at radius 2 is 1.74 bits per heavy atom. The number of nitrogens with zero attached hydrogens (tertiary/aromatic N) is 6. The van der Waals surface area contributed by atoms with E-state index in [0.29, 0.717) is 6.54 Å². The number of anilines is 1. The zero-order valence-electron chi connectivity index (χ0n) is 18.5. The second-order valence-electron chi connectivity index (χ2n) is 7.27. The number of hydrogen-bond donors (Lipinski definition) is 2. The summed E-state index contributed by atoms with van der Waals surface area (Å²) in [6.45, 7) is 5.91. The van der Waals surface area contributed by atoms with Crippen LogP contribution in [0.4, 0.5) is 5.69 Å². The molecule has 0 bridgehead atoms. The van der Waals surface area contributed by atoms with E-state index in [1.54, 1.807) is 0 Å². The van der Waals surface area contributed by atoms with Crippen molar-refractivity contribution in [3.8, 4) is 0 Å². The van der Waals surface area contributed by atoms with E-state index in [2.05, 4.69) is 74.0 Å². The number of aromatic nitrogens is 4. The first kappa shape index (κ1) is 24.7. The summed E-state index contributed by atoms with van der Waals surface area (Å²) >= 11 is 0. The van der Waals surface area contributed by atoms with Gasteiger partial charge in [-0.25, -0.2) is 4.99 Å². The van der Waals surface area contributed by atoms with Crippen molar-refractivity contribution < 1.29 is 0 Å². The van der Waals surface area contributed by atoms with Crippen molar-refractivity contribution >= 4 is 35.6 Å². The summed E-state index contributed by atoms with van der Waals surface area (Å²) in [6, 6.07) is 14.5. The summed E-state index contributed by atoms with van der Waals surface area (Å²) in [5.74, 6) is 2.53. The van der Waals surface area contributed by atoms with Gasteiger partial charge >= 0.3 is 0 Å². The van der Waals surface area contributed by atoms with E-state index in [-0.39, 0.29) is 24.0 Å². The fourth-order valence-corrected chi connectivity index (χ4v) is 3.07. The summed E-state index contributed by atoms with van der Waals surface area (Å²) in [6.07, 6.45) is 5.13. The lowest BCUT2D eigenvalue weighted by molar-refractivity contribution is 0.656. The molecule has 0 unspecified atom stereocenters. The van der Waals surface area contributed by atoms with Crippen molar-refractivity contribution in [2.24, 2.45) is 12.0 Å². The fraction of sp³-hybridized carbons (Fsp3) is 0.409. The molecule has 0 aliphatic carbocycles. The van der Waals surface area contributed by atoms with Gasteiger partial charge in [-0.3, -0.25) is 0 Å². The van der Waals surface area contributed by atoms with Crippen LogP contribution in [0.15, 0.2) is 59.9 Å². The highest BCUT2D eigenvalue weighted by Crippen LogP contribution is 2.10. The van der Waals surface area contributed by atoms with Gasteiger partial charge in [0.25, 0.3) is 0 Å². The molecule has 0 aliphatic heterocycles. The minimum absolute atomic E-state index is 0. The quantitative estimate of drug-likeness (QED) is 0.181. The van der Waals surface area contributed by atoms with E-state index < -0.39 is 0 Å². The van der Waals surface area contributed by atoms with Gasteiger partial charge in [0.15, 0.2) is 11.8 Å². The summed E-state index contributed by atoms with van der Waals surface area (Å²) in [4.78, 5) is 6.97. The van der Waals surface area contributed by atoms with Crippen LogP contribution in [-0.4, -0.2) is 52.0 Å². The first-order valence-corrected chi connectivity index (χ1v) is 10.4. The number of rotatable bonds is 10. The first-order valence-electron chi connectivity index (χ1n) is 10.4. The van der Waals surface area contributed by atoms with Crippen LogP contribution in [0.2, 0.25) is 0 Å². The van der Waals surface area contributed by atoms with Crippen molar-refractivity contribution in [1.82, 2.24) is 30.0 Å². The highest BCUT2D eigenvalue weighted by Gasteiger charge is 2.06. The van der Waals surface area contributed by atoms with Gasteiger partial charge in [0.1, 0.15) is 12.4 Å². The minimum Gasteiger partial charge on any atom is -0.375 e. The van der Waals surface area contributed by atoms with Gasteiger partial charge in [-0.05, 0) is 37.6 Å². The number of aryl methyl sites for hydroxylation is 1. The van der Waals surface area contributed by atoms with Crippen molar-refractivity contribution in [2.75, 3.05) is 31.6 Å². The van der Waals surface area contributed by atoms with Crippen molar-refractivity contribution in [3.05, 3.63) is 66.5 Å². The van der Waals surface area contributed by atoms with E-state index in [4.69, 9.17) is 4.99 Å². The van der Waals surface area contributed by atoms with Crippen LogP contribution in [0.3, 0.4) is 0 Å². The second kappa shape index (κ2) is 13.0. The predicted octanol–water partition coefficient (Wildman–Crippen LogP) is 2.80. The van der Waals surface area contributed by atoms with E-state index in [1.807, 2.05) is 36.7 Å². The molecule has 0 saturated heterocycles. The third-order valence-electron chi connectivity index (χ3n) is 5.05. The molecule has 3 rings (SSSR count). The highest BCUT2D eigenvalue weighted by molar-refractivity contribution is 14.0. The highest BCUT2D eigenvalue weighted by atomic mass is 127. The SMILES string of the molecule is Cc1nnc(CN=C(NCCCN(C)c2ccccc2)NCCn2cccc2)n1C.I. The Bertz CT molecular complexity index is 905. The lowest BCUT2D eigenvalue weighted by atomic mass is 10.3. The van der Waals surface area contributed by atoms with Crippen LogP contribution in [0.5, 0.6) is 0 Å². The minimum atomic E-state index is 0. The van der Waals surface area contributed by atoms with Gasteiger partial charge in [-0.15, -0.1) is 34.2 Å². The molecule has 1 aromatic carbocycles. The topological polar surface area (TPSA) is 75.3 Å². The molecular formula is C22H33IN8. The number of para-hydroxylation sites is 1. The summed E-state index contributed by atoms with van der Waals surface area (Å²) < 4.78 is 4.11. The molecule has 2 N–H and O–H groups in total. The third kappa shape index (κ3) is 7.89. The molecule has 9 heteroatoms. The van der Waals surface area contributed by atoms with Crippen molar-refractivity contribution in [2.45, 2.75) is 26.4 Å². The van der Waals surface area contributed by atoms with E-state index >= 15 is 0 Å². The second-order valence-corrected chi connectivity index (χ2v) is 7.27. The molecular weight excluding hydrogens is 503 g/mol. The Morgan fingerprint density at radius 3 is 2.42 bits per heavy atom. The Hall–Kier alpha value is -2.56. The molecule has 168 valence electrons. The number of aliphatic imine (C=N–C) groups is 1. The molecule has 2 aromatic heterocycles. The molecule has 0 radical (unpaired) electrons. The molecule has 0 saturated carbocycles. The molecule has 0 spiro atoms. The number of halogens is 1. The Morgan fingerprint density at radius 1 is 1.03 bits per heavy atom. The van der Waals surface area contributed by atoms with Crippen LogP contribution in [0.1, 0.15) is 18.1 Å². The molecule has 2 heterocycles. The normalized spacial score (nSPS) is 11.1. The van der Waals surface area contributed by atoms with E-state index in [0.717, 1.165) is 50.2 Å². The fourth-order valence-electron chi connectivity index (χ4n) is 3.07. The third-order valence-corrected chi connectivity index (χ3v) is 5.05. The maximum Gasteiger partial charge on any atom is 0.191 e. The van der Waals surface area contributed by atoms with Gasteiger partial charge in [0.2, 0.25) is 0 Å². The largest absolute Gasteiger partial charge is 0.375 e. The Kier molecular flexibility index (Phi) is 10.3. The van der Waals surface area contributed by atoms with E-state index in [1.165, 1.54) is 5.69 Å². The van der Waals surface area contributed by atoms with Crippen LogP contribution < -0.4 is 15.5 Å². The van der Waals surface area contributed by atoms with Gasteiger partial charge in [-0.1, -0.05) is 18.2 Å². The van der Waals surface area contributed by atoms with Crippen LogP contribution in [0.25, 0.3) is 0 Å². The lowest BCUT2D eigenvalue weighted by Gasteiger charge is -2.20. The molecule has 0 fully saturated rings. The molecule has 0 atom stereocenters. The number of nitrogens with one attached hydrogen (secondary N) is 2. The molecule has 8 nitrogen and oxygen atoms in total. The van der Waals surface area contributed by atoms with E-state index in [9.17, 15) is 0 Å². The number of benzene rings is 1.